The van der Waals surface area contributed by atoms with E-state index in [2.05, 4.69) is 5.32 Å². The summed E-state index contributed by atoms with van der Waals surface area (Å²) in [5.41, 5.74) is 0.0919. The fraction of sp³-hybridized carbons (Fsp3) is 0.571. The second-order valence-electron chi connectivity index (χ2n) is 4.88. The van der Waals surface area contributed by atoms with Gasteiger partial charge < -0.3 is 10.1 Å². The van der Waals surface area contributed by atoms with Gasteiger partial charge in [0, 0.05) is 23.3 Å². The third-order valence-electron chi connectivity index (χ3n) is 3.32. The Kier molecular flexibility index (Phi) is 4.99. The van der Waals surface area contributed by atoms with E-state index in [4.69, 9.17) is 4.74 Å². The van der Waals surface area contributed by atoms with E-state index in [1.165, 1.54) is 17.8 Å². The van der Waals surface area contributed by atoms with Gasteiger partial charge in [0.1, 0.15) is 0 Å². The minimum atomic E-state index is -4.32. The van der Waals surface area contributed by atoms with Crippen LogP contribution in [0.4, 0.5) is 13.2 Å². The Labute approximate surface area is 121 Å². The fourth-order valence-corrected chi connectivity index (χ4v) is 3.50. The summed E-state index contributed by atoms with van der Waals surface area (Å²) in [5.74, 6) is 0. The number of halogens is 3. The molecule has 1 heterocycles. The van der Waals surface area contributed by atoms with E-state index in [1.54, 1.807) is 19.2 Å². The summed E-state index contributed by atoms with van der Waals surface area (Å²) in [6.07, 6.45) is -3.53. The van der Waals surface area contributed by atoms with Crippen molar-refractivity contribution >= 4 is 11.8 Å². The minimum absolute atomic E-state index is 0.00179. The summed E-state index contributed by atoms with van der Waals surface area (Å²) in [6, 6.07) is 4.55. The number of rotatable bonds is 4. The Bertz CT molecular complexity index is 464. The van der Waals surface area contributed by atoms with Crippen molar-refractivity contribution in [1.29, 1.82) is 0 Å². The first-order chi connectivity index (χ1) is 9.41. The lowest BCUT2D eigenvalue weighted by molar-refractivity contribution is -0.139. The van der Waals surface area contributed by atoms with Gasteiger partial charge in [0.05, 0.1) is 11.7 Å². The van der Waals surface area contributed by atoms with Crippen LogP contribution >= 0.6 is 11.8 Å². The van der Waals surface area contributed by atoms with Gasteiger partial charge in [-0.15, -0.1) is 11.8 Å². The van der Waals surface area contributed by atoms with Gasteiger partial charge in [-0.3, -0.25) is 0 Å². The lowest BCUT2D eigenvalue weighted by Crippen LogP contribution is -2.15. The largest absolute Gasteiger partial charge is 0.417 e. The molecule has 2 unspecified atom stereocenters. The highest BCUT2D eigenvalue weighted by atomic mass is 32.2. The molecule has 2 nitrogen and oxygen atoms in total. The summed E-state index contributed by atoms with van der Waals surface area (Å²) in [6.45, 7) is 2.96. The second-order valence-corrected chi connectivity index (χ2v) is 6.16. The molecule has 1 N–H and O–H groups in total. The number of thioether (sulfide) groups is 1. The molecule has 1 fully saturated rings. The monoisotopic (exact) mass is 305 g/mol. The molecule has 2 atom stereocenters. The molecule has 20 heavy (non-hydrogen) atoms. The number of benzene rings is 1. The van der Waals surface area contributed by atoms with E-state index in [0.29, 0.717) is 23.6 Å². The molecule has 2 rings (SSSR count). The van der Waals surface area contributed by atoms with Gasteiger partial charge in [-0.25, -0.2) is 0 Å². The van der Waals surface area contributed by atoms with Crippen LogP contribution < -0.4 is 5.32 Å². The molecule has 0 aromatic heterocycles. The molecule has 1 aliphatic heterocycles. The average molecular weight is 305 g/mol. The molecule has 0 radical (unpaired) electrons. The number of hydrogen-bond donors (Lipinski definition) is 1. The Morgan fingerprint density at radius 3 is 2.70 bits per heavy atom. The van der Waals surface area contributed by atoms with E-state index in [1.807, 2.05) is 6.92 Å². The van der Waals surface area contributed by atoms with E-state index >= 15 is 0 Å². The van der Waals surface area contributed by atoms with E-state index in [0.717, 1.165) is 6.42 Å². The Balaban J connectivity index is 2.26. The second kappa shape index (κ2) is 6.37. The number of hydrogen-bond acceptors (Lipinski definition) is 3. The maximum atomic E-state index is 13.2. The highest BCUT2D eigenvalue weighted by Gasteiger charge is 2.35. The van der Waals surface area contributed by atoms with Gasteiger partial charge in [0.25, 0.3) is 0 Å². The van der Waals surface area contributed by atoms with Crippen LogP contribution in [0.1, 0.15) is 24.5 Å². The topological polar surface area (TPSA) is 21.3 Å². The lowest BCUT2D eigenvalue weighted by atomic mass is 10.1. The third kappa shape index (κ3) is 3.68. The smallest absolute Gasteiger partial charge is 0.377 e. The van der Waals surface area contributed by atoms with Gasteiger partial charge >= 0.3 is 6.18 Å². The van der Waals surface area contributed by atoms with Crippen molar-refractivity contribution in [3.05, 3.63) is 29.3 Å². The molecule has 0 aliphatic carbocycles. The van der Waals surface area contributed by atoms with Crippen molar-refractivity contribution in [3.63, 3.8) is 0 Å². The van der Waals surface area contributed by atoms with Gasteiger partial charge in [-0.05, 0) is 38.1 Å². The fourth-order valence-electron chi connectivity index (χ4n) is 2.25. The quantitative estimate of drug-likeness (QED) is 0.916. The Morgan fingerprint density at radius 1 is 1.40 bits per heavy atom. The maximum Gasteiger partial charge on any atom is 0.417 e. The van der Waals surface area contributed by atoms with Crippen LogP contribution in [-0.2, 0) is 17.5 Å². The molecule has 0 amide bonds. The molecule has 0 bridgehead atoms. The summed E-state index contributed by atoms with van der Waals surface area (Å²) in [7, 11) is 1.72. The molecule has 0 saturated carbocycles. The van der Waals surface area contributed by atoms with Crippen LogP contribution in [-0.4, -0.2) is 25.0 Å². The zero-order valence-corrected chi connectivity index (χ0v) is 12.3. The van der Waals surface area contributed by atoms with Crippen molar-refractivity contribution in [1.82, 2.24) is 5.32 Å². The molecule has 1 aromatic rings. The first-order valence-electron chi connectivity index (χ1n) is 6.55. The first-order valence-corrected chi connectivity index (χ1v) is 7.42. The van der Waals surface area contributed by atoms with Crippen LogP contribution in [0.5, 0.6) is 0 Å². The van der Waals surface area contributed by atoms with Crippen molar-refractivity contribution in [2.45, 2.75) is 42.3 Å². The normalized spacial score (nSPS) is 23.2. The molecular weight excluding hydrogens is 287 g/mol. The predicted molar refractivity (Wildman–Crippen MR) is 73.9 cm³/mol. The van der Waals surface area contributed by atoms with Gasteiger partial charge in [-0.2, -0.15) is 13.2 Å². The van der Waals surface area contributed by atoms with Crippen molar-refractivity contribution in [2.75, 3.05) is 13.7 Å². The van der Waals surface area contributed by atoms with Gasteiger partial charge in [0.15, 0.2) is 0 Å². The van der Waals surface area contributed by atoms with Crippen molar-refractivity contribution in [2.24, 2.45) is 0 Å². The SMILES string of the molecule is CNCc1ccc(SC2CCOC2C)c(C(F)(F)F)c1. The average Bonchev–Trinajstić information content (AvgIpc) is 2.76. The number of ether oxygens (including phenoxy) is 1. The van der Waals surface area contributed by atoms with Crippen LogP contribution in [0.3, 0.4) is 0 Å². The molecule has 6 heteroatoms. The highest BCUT2D eigenvalue weighted by molar-refractivity contribution is 8.00. The molecule has 1 aromatic carbocycles. The molecular formula is C14H18F3NOS. The van der Waals surface area contributed by atoms with Gasteiger partial charge in [-0.1, -0.05) is 6.07 Å². The van der Waals surface area contributed by atoms with Crippen molar-refractivity contribution in [3.8, 4) is 0 Å². The first kappa shape index (κ1) is 15.7. The Hall–Kier alpha value is -0.720. The number of alkyl halides is 3. The Morgan fingerprint density at radius 2 is 2.15 bits per heavy atom. The molecule has 1 saturated heterocycles. The summed E-state index contributed by atoms with van der Waals surface area (Å²) < 4.78 is 44.9. The molecule has 112 valence electrons. The van der Waals surface area contributed by atoms with E-state index in [9.17, 15) is 13.2 Å². The standard InChI is InChI=1S/C14H18F3NOS/c1-9-12(5-6-19-9)20-13-4-3-10(8-18-2)7-11(13)14(15,16)17/h3-4,7,9,12,18H,5-6,8H2,1-2H3. The summed E-state index contributed by atoms with van der Waals surface area (Å²) >= 11 is 1.27. The predicted octanol–water partition coefficient (Wildman–Crippen LogP) is 3.69. The van der Waals surface area contributed by atoms with Crippen LogP contribution in [0.15, 0.2) is 23.1 Å². The van der Waals surface area contributed by atoms with Crippen LogP contribution in [0.2, 0.25) is 0 Å². The van der Waals surface area contributed by atoms with E-state index in [-0.39, 0.29) is 11.4 Å². The highest BCUT2D eigenvalue weighted by Crippen LogP contribution is 2.41. The van der Waals surface area contributed by atoms with Gasteiger partial charge in [0.2, 0.25) is 0 Å². The zero-order valence-electron chi connectivity index (χ0n) is 11.5. The lowest BCUT2D eigenvalue weighted by Gasteiger charge is -2.18. The number of nitrogens with one attached hydrogen (secondary N) is 1. The minimum Gasteiger partial charge on any atom is -0.377 e. The van der Waals surface area contributed by atoms with Crippen molar-refractivity contribution < 1.29 is 17.9 Å². The maximum absolute atomic E-state index is 13.2. The molecule has 1 aliphatic rings. The van der Waals surface area contributed by atoms with Crippen LogP contribution in [0.25, 0.3) is 0 Å². The summed E-state index contributed by atoms with van der Waals surface area (Å²) in [5, 5.41) is 2.96. The van der Waals surface area contributed by atoms with E-state index < -0.39 is 11.7 Å². The summed E-state index contributed by atoms with van der Waals surface area (Å²) in [4.78, 5) is 0.291. The van der Waals surface area contributed by atoms with Crippen LogP contribution in [0, 0.1) is 0 Å². The molecule has 0 spiro atoms. The third-order valence-corrected chi connectivity index (χ3v) is 4.85. The zero-order chi connectivity index (χ0) is 14.8.